The molecule has 0 saturated carbocycles. The van der Waals surface area contributed by atoms with E-state index in [4.69, 9.17) is 17.3 Å². The lowest BCUT2D eigenvalue weighted by molar-refractivity contribution is 0.100. The first kappa shape index (κ1) is 13.2. The lowest BCUT2D eigenvalue weighted by Crippen LogP contribution is -2.36. The first-order valence-electron chi connectivity index (χ1n) is 6.20. The van der Waals surface area contributed by atoms with Crippen LogP contribution >= 0.6 is 11.6 Å². The minimum absolute atomic E-state index is 0.376. The second-order valence-electron chi connectivity index (χ2n) is 4.46. The summed E-state index contributed by atoms with van der Waals surface area (Å²) in [6.07, 6.45) is 1.13. The van der Waals surface area contributed by atoms with Crippen LogP contribution in [0.15, 0.2) is 18.2 Å². The van der Waals surface area contributed by atoms with Gasteiger partial charge in [-0.3, -0.25) is 4.79 Å². The SMILES string of the molecule is CCN(c1ccc(C(N)=O)c(Cl)c1)C1CCNC1. The highest BCUT2D eigenvalue weighted by molar-refractivity contribution is 6.34. The summed E-state index contributed by atoms with van der Waals surface area (Å²) in [4.78, 5) is 13.4. The van der Waals surface area contributed by atoms with E-state index in [0.717, 1.165) is 31.7 Å². The van der Waals surface area contributed by atoms with E-state index in [0.29, 0.717) is 16.6 Å². The van der Waals surface area contributed by atoms with Crippen LogP contribution in [0.4, 0.5) is 5.69 Å². The fraction of sp³-hybridized carbons (Fsp3) is 0.462. The Bertz CT molecular complexity index is 444. The van der Waals surface area contributed by atoms with E-state index in [-0.39, 0.29) is 0 Å². The second-order valence-corrected chi connectivity index (χ2v) is 4.87. The van der Waals surface area contributed by atoms with E-state index in [1.807, 2.05) is 12.1 Å². The molecule has 1 amide bonds. The summed E-state index contributed by atoms with van der Waals surface area (Å²) in [5.41, 5.74) is 6.67. The third-order valence-electron chi connectivity index (χ3n) is 3.37. The number of rotatable bonds is 4. The van der Waals surface area contributed by atoms with Crippen LogP contribution in [0.1, 0.15) is 23.7 Å². The normalized spacial score (nSPS) is 18.9. The molecule has 1 heterocycles. The molecule has 1 aromatic rings. The summed E-state index contributed by atoms with van der Waals surface area (Å²) in [6, 6.07) is 5.92. The standard InChI is InChI=1S/C13H18ClN3O/c1-2-17(10-5-6-16-8-10)9-3-4-11(13(15)18)12(14)7-9/h3-4,7,10,16H,2,5-6,8H2,1H3,(H2,15,18). The van der Waals surface area contributed by atoms with E-state index >= 15 is 0 Å². The Labute approximate surface area is 112 Å². The predicted octanol–water partition coefficient (Wildman–Crippen LogP) is 1.63. The van der Waals surface area contributed by atoms with Crippen LogP contribution in [0.5, 0.6) is 0 Å². The molecule has 5 heteroatoms. The van der Waals surface area contributed by atoms with Crippen molar-refractivity contribution in [2.45, 2.75) is 19.4 Å². The first-order valence-corrected chi connectivity index (χ1v) is 6.58. The van der Waals surface area contributed by atoms with Crippen molar-refractivity contribution in [1.82, 2.24) is 5.32 Å². The average molecular weight is 268 g/mol. The number of amides is 1. The molecule has 1 unspecified atom stereocenters. The Morgan fingerprint density at radius 3 is 2.89 bits per heavy atom. The molecule has 0 bridgehead atoms. The van der Waals surface area contributed by atoms with Gasteiger partial charge in [0.25, 0.3) is 0 Å². The number of nitrogens with zero attached hydrogens (tertiary/aromatic N) is 1. The number of hydrogen-bond donors (Lipinski definition) is 2. The van der Waals surface area contributed by atoms with Gasteiger partial charge in [-0.15, -0.1) is 0 Å². The molecule has 3 N–H and O–H groups in total. The number of nitrogens with one attached hydrogen (secondary N) is 1. The first-order chi connectivity index (χ1) is 8.63. The molecule has 0 spiro atoms. The number of halogens is 1. The Kier molecular flexibility index (Phi) is 4.09. The molecule has 1 aromatic carbocycles. The van der Waals surface area contributed by atoms with Gasteiger partial charge in [-0.2, -0.15) is 0 Å². The Hall–Kier alpha value is -1.26. The molecule has 18 heavy (non-hydrogen) atoms. The van der Waals surface area contributed by atoms with Crippen molar-refractivity contribution in [3.05, 3.63) is 28.8 Å². The molecule has 1 fully saturated rings. The third-order valence-corrected chi connectivity index (χ3v) is 3.68. The molecule has 2 rings (SSSR count). The number of carbonyl (C=O) groups is 1. The number of carbonyl (C=O) groups excluding carboxylic acids is 1. The Balaban J connectivity index is 2.26. The topological polar surface area (TPSA) is 58.4 Å². The van der Waals surface area contributed by atoms with Gasteiger partial charge in [0, 0.05) is 24.8 Å². The Morgan fingerprint density at radius 1 is 1.61 bits per heavy atom. The highest BCUT2D eigenvalue weighted by Gasteiger charge is 2.22. The number of likely N-dealkylation sites (N-methyl/N-ethyl adjacent to an activating group) is 1. The van der Waals surface area contributed by atoms with Gasteiger partial charge in [-0.25, -0.2) is 0 Å². The van der Waals surface area contributed by atoms with Crippen LogP contribution in [-0.4, -0.2) is 31.6 Å². The monoisotopic (exact) mass is 267 g/mol. The smallest absolute Gasteiger partial charge is 0.250 e. The van der Waals surface area contributed by atoms with Crippen molar-refractivity contribution in [3.8, 4) is 0 Å². The molecule has 4 nitrogen and oxygen atoms in total. The molecule has 98 valence electrons. The van der Waals surface area contributed by atoms with Crippen LogP contribution in [0.2, 0.25) is 5.02 Å². The van der Waals surface area contributed by atoms with Gasteiger partial charge in [0.05, 0.1) is 10.6 Å². The van der Waals surface area contributed by atoms with Gasteiger partial charge in [0.2, 0.25) is 5.91 Å². The van der Waals surface area contributed by atoms with Crippen LogP contribution in [0, 0.1) is 0 Å². The van der Waals surface area contributed by atoms with E-state index in [1.54, 1.807) is 6.07 Å². The molecule has 0 aliphatic carbocycles. The van der Waals surface area contributed by atoms with Gasteiger partial charge in [-0.1, -0.05) is 11.6 Å². The molecule has 1 aliphatic heterocycles. The lowest BCUT2D eigenvalue weighted by Gasteiger charge is -2.29. The van der Waals surface area contributed by atoms with Crippen molar-refractivity contribution in [1.29, 1.82) is 0 Å². The highest BCUT2D eigenvalue weighted by atomic mass is 35.5. The summed E-state index contributed by atoms with van der Waals surface area (Å²) >= 11 is 6.09. The maximum absolute atomic E-state index is 11.1. The van der Waals surface area contributed by atoms with E-state index in [2.05, 4.69) is 17.1 Å². The van der Waals surface area contributed by atoms with Crippen LogP contribution in [-0.2, 0) is 0 Å². The molecule has 1 atom stereocenters. The molecule has 1 aliphatic rings. The number of primary amides is 1. The van der Waals surface area contributed by atoms with E-state index in [1.165, 1.54) is 0 Å². The van der Waals surface area contributed by atoms with Gasteiger partial charge < -0.3 is 16.0 Å². The summed E-state index contributed by atoms with van der Waals surface area (Å²) in [6.45, 7) is 5.07. The molecule has 0 radical (unpaired) electrons. The Morgan fingerprint density at radius 2 is 2.39 bits per heavy atom. The minimum Gasteiger partial charge on any atom is -0.367 e. The van der Waals surface area contributed by atoms with Crippen LogP contribution < -0.4 is 16.0 Å². The number of nitrogens with two attached hydrogens (primary N) is 1. The maximum Gasteiger partial charge on any atom is 0.250 e. The fourth-order valence-corrected chi connectivity index (χ4v) is 2.71. The summed E-state index contributed by atoms with van der Waals surface area (Å²) < 4.78 is 0. The fourth-order valence-electron chi connectivity index (χ4n) is 2.44. The van der Waals surface area contributed by atoms with Crippen molar-refractivity contribution in [2.75, 3.05) is 24.5 Å². The van der Waals surface area contributed by atoms with Gasteiger partial charge >= 0.3 is 0 Å². The zero-order valence-corrected chi connectivity index (χ0v) is 11.2. The zero-order valence-electron chi connectivity index (χ0n) is 10.4. The van der Waals surface area contributed by atoms with E-state index in [9.17, 15) is 4.79 Å². The number of benzene rings is 1. The van der Waals surface area contributed by atoms with Crippen molar-refractivity contribution in [2.24, 2.45) is 5.73 Å². The predicted molar refractivity (Wildman–Crippen MR) is 74.3 cm³/mol. The molecular weight excluding hydrogens is 250 g/mol. The van der Waals surface area contributed by atoms with Crippen molar-refractivity contribution in [3.63, 3.8) is 0 Å². The molecule has 1 saturated heterocycles. The van der Waals surface area contributed by atoms with Crippen LogP contribution in [0.25, 0.3) is 0 Å². The summed E-state index contributed by atoms with van der Waals surface area (Å²) in [7, 11) is 0. The molecule has 0 aromatic heterocycles. The highest BCUT2D eigenvalue weighted by Crippen LogP contribution is 2.26. The number of hydrogen-bond acceptors (Lipinski definition) is 3. The largest absolute Gasteiger partial charge is 0.367 e. The summed E-state index contributed by atoms with van der Waals surface area (Å²) in [5, 5.41) is 3.77. The average Bonchev–Trinajstić information content (AvgIpc) is 2.83. The summed E-state index contributed by atoms with van der Waals surface area (Å²) in [5.74, 6) is -0.489. The quantitative estimate of drug-likeness (QED) is 0.872. The van der Waals surface area contributed by atoms with E-state index < -0.39 is 5.91 Å². The van der Waals surface area contributed by atoms with Gasteiger partial charge in [0.15, 0.2) is 0 Å². The second kappa shape index (κ2) is 5.59. The van der Waals surface area contributed by atoms with Crippen molar-refractivity contribution >= 4 is 23.2 Å². The lowest BCUT2D eigenvalue weighted by atomic mass is 10.1. The van der Waals surface area contributed by atoms with Gasteiger partial charge in [0.1, 0.15) is 0 Å². The van der Waals surface area contributed by atoms with Crippen LogP contribution in [0.3, 0.4) is 0 Å². The zero-order chi connectivity index (χ0) is 13.1. The number of anilines is 1. The maximum atomic E-state index is 11.1. The van der Waals surface area contributed by atoms with Gasteiger partial charge in [-0.05, 0) is 38.1 Å². The minimum atomic E-state index is -0.489. The third kappa shape index (κ3) is 2.60. The van der Waals surface area contributed by atoms with Crippen molar-refractivity contribution < 1.29 is 4.79 Å². The molecular formula is C13H18ClN3O.